The molecule has 5 heteroatoms. The third-order valence-corrected chi connectivity index (χ3v) is 3.10. The van der Waals surface area contributed by atoms with Gasteiger partial charge >= 0.3 is 0 Å². The quantitative estimate of drug-likeness (QED) is 0.715. The largest absolute Gasteiger partial charge is 0.371 e. The second kappa shape index (κ2) is 4.05. The molecule has 0 radical (unpaired) electrons. The number of nitrogens with one attached hydrogen (secondary N) is 1. The summed E-state index contributed by atoms with van der Waals surface area (Å²) in [5.74, 6) is -0.107. The first-order valence-electron chi connectivity index (χ1n) is 5.68. The van der Waals surface area contributed by atoms with Crippen molar-refractivity contribution in [3.8, 4) is 0 Å². The maximum Gasteiger partial charge on any atom is 0.242 e. The Balaban J connectivity index is 1.89. The van der Waals surface area contributed by atoms with E-state index in [-0.39, 0.29) is 36.6 Å². The first kappa shape index (κ1) is 11.4. The maximum absolute atomic E-state index is 11.5. The number of hydrogen-bond donors (Lipinski definition) is 1. The standard InChI is InChI=1S/C11H18N2O3/c1-11(2)4-3-8(16-11)6-13-7-9(14)12-5-10(13)15/h8H,3-7H2,1-2H3,(H,12,14). The summed E-state index contributed by atoms with van der Waals surface area (Å²) in [5, 5.41) is 2.53. The van der Waals surface area contributed by atoms with Gasteiger partial charge in [0.2, 0.25) is 11.8 Å². The van der Waals surface area contributed by atoms with Crippen LogP contribution in [0.2, 0.25) is 0 Å². The molecule has 2 amide bonds. The van der Waals surface area contributed by atoms with Crippen LogP contribution < -0.4 is 5.32 Å². The Bertz CT molecular complexity index is 314. The van der Waals surface area contributed by atoms with Crippen LogP contribution in [-0.2, 0) is 14.3 Å². The summed E-state index contributed by atoms with van der Waals surface area (Å²) in [4.78, 5) is 24.3. The number of piperazine rings is 1. The minimum atomic E-state index is -0.0915. The molecule has 0 spiro atoms. The molecular weight excluding hydrogens is 208 g/mol. The van der Waals surface area contributed by atoms with Crippen molar-refractivity contribution in [2.45, 2.75) is 38.4 Å². The van der Waals surface area contributed by atoms with Crippen LogP contribution in [0, 0.1) is 0 Å². The molecule has 2 saturated heterocycles. The number of nitrogens with zero attached hydrogens (tertiary/aromatic N) is 1. The molecule has 2 fully saturated rings. The van der Waals surface area contributed by atoms with Crippen LogP contribution in [0.4, 0.5) is 0 Å². The van der Waals surface area contributed by atoms with E-state index in [9.17, 15) is 9.59 Å². The van der Waals surface area contributed by atoms with E-state index in [1.165, 1.54) is 0 Å². The number of ether oxygens (including phenoxy) is 1. The van der Waals surface area contributed by atoms with E-state index in [0.29, 0.717) is 6.54 Å². The van der Waals surface area contributed by atoms with Crippen molar-refractivity contribution in [2.24, 2.45) is 0 Å². The second-order valence-corrected chi connectivity index (χ2v) is 5.09. The van der Waals surface area contributed by atoms with Gasteiger partial charge in [0, 0.05) is 6.54 Å². The van der Waals surface area contributed by atoms with Gasteiger partial charge in [0.1, 0.15) is 0 Å². The molecule has 0 saturated carbocycles. The lowest BCUT2D eigenvalue weighted by Gasteiger charge is -2.29. The summed E-state index contributed by atoms with van der Waals surface area (Å²) in [6, 6.07) is 0. The van der Waals surface area contributed by atoms with Crippen LogP contribution in [0.3, 0.4) is 0 Å². The van der Waals surface area contributed by atoms with E-state index in [1.807, 2.05) is 0 Å². The predicted octanol–water partition coefficient (Wildman–Crippen LogP) is -0.0976. The predicted molar refractivity (Wildman–Crippen MR) is 57.8 cm³/mol. The highest BCUT2D eigenvalue weighted by Crippen LogP contribution is 2.29. The van der Waals surface area contributed by atoms with Crippen molar-refractivity contribution >= 4 is 11.8 Å². The van der Waals surface area contributed by atoms with E-state index >= 15 is 0 Å². The van der Waals surface area contributed by atoms with Crippen molar-refractivity contribution in [3.05, 3.63) is 0 Å². The summed E-state index contributed by atoms with van der Waals surface area (Å²) < 4.78 is 5.81. The number of carbonyl (C=O) groups excluding carboxylic acids is 2. The van der Waals surface area contributed by atoms with Gasteiger partial charge in [-0.25, -0.2) is 0 Å². The third-order valence-electron chi connectivity index (χ3n) is 3.10. The van der Waals surface area contributed by atoms with Crippen molar-refractivity contribution in [1.82, 2.24) is 10.2 Å². The lowest BCUT2D eigenvalue weighted by Crippen LogP contribution is -2.53. The van der Waals surface area contributed by atoms with Gasteiger partial charge in [0.15, 0.2) is 0 Å². The van der Waals surface area contributed by atoms with Gasteiger partial charge in [-0.2, -0.15) is 0 Å². The summed E-state index contributed by atoms with van der Waals surface area (Å²) in [7, 11) is 0. The molecule has 90 valence electrons. The molecular formula is C11H18N2O3. The molecule has 2 aliphatic heterocycles. The molecule has 0 bridgehead atoms. The minimum Gasteiger partial charge on any atom is -0.371 e. The molecule has 0 aromatic carbocycles. The van der Waals surface area contributed by atoms with E-state index in [0.717, 1.165) is 12.8 Å². The lowest BCUT2D eigenvalue weighted by molar-refractivity contribution is -0.142. The molecule has 1 atom stereocenters. The monoisotopic (exact) mass is 226 g/mol. The number of carbonyl (C=O) groups is 2. The third kappa shape index (κ3) is 2.52. The zero-order valence-electron chi connectivity index (χ0n) is 9.78. The molecule has 2 aliphatic rings. The van der Waals surface area contributed by atoms with E-state index in [4.69, 9.17) is 4.74 Å². The summed E-state index contributed by atoms with van der Waals surface area (Å²) in [5.41, 5.74) is -0.0915. The number of hydrogen-bond acceptors (Lipinski definition) is 3. The average Bonchev–Trinajstić information content (AvgIpc) is 2.52. The number of amides is 2. The fourth-order valence-corrected chi connectivity index (χ4v) is 2.22. The van der Waals surface area contributed by atoms with E-state index in [1.54, 1.807) is 4.90 Å². The summed E-state index contributed by atoms with van der Waals surface area (Å²) in [6.45, 7) is 4.93. The number of rotatable bonds is 2. The SMILES string of the molecule is CC1(C)CCC(CN2CC(=O)NCC2=O)O1. The highest BCUT2D eigenvalue weighted by Gasteiger charge is 2.34. The van der Waals surface area contributed by atoms with E-state index < -0.39 is 0 Å². The second-order valence-electron chi connectivity index (χ2n) is 5.09. The molecule has 0 aromatic rings. The fraction of sp³-hybridized carbons (Fsp3) is 0.818. The van der Waals surface area contributed by atoms with Crippen molar-refractivity contribution in [2.75, 3.05) is 19.6 Å². The molecule has 2 rings (SSSR count). The molecule has 16 heavy (non-hydrogen) atoms. The van der Waals surface area contributed by atoms with Crippen molar-refractivity contribution < 1.29 is 14.3 Å². The fourth-order valence-electron chi connectivity index (χ4n) is 2.22. The van der Waals surface area contributed by atoms with Crippen LogP contribution in [0.15, 0.2) is 0 Å². The Hall–Kier alpha value is -1.10. The van der Waals surface area contributed by atoms with Gasteiger partial charge < -0.3 is 15.0 Å². The summed E-state index contributed by atoms with van der Waals surface area (Å²) >= 11 is 0. The van der Waals surface area contributed by atoms with Gasteiger partial charge in [0.25, 0.3) is 0 Å². The van der Waals surface area contributed by atoms with Gasteiger partial charge in [-0.05, 0) is 26.7 Å². The molecule has 5 nitrogen and oxygen atoms in total. The Morgan fingerprint density at radius 2 is 2.25 bits per heavy atom. The highest BCUT2D eigenvalue weighted by atomic mass is 16.5. The van der Waals surface area contributed by atoms with Crippen LogP contribution in [0.5, 0.6) is 0 Å². The van der Waals surface area contributed by atoms with E-state index in [2.05, 4.69) is 19.2 Å². The molecule has 1 N–H and O–H groups in total. The smallest absolute Gasteiger partial charge is 0.242 e. The zero-order valence-corrected chi connectivity index (χ0v) is 9.78. The van der Waals surface area contributed by atoms with Gasteiger partial charge in [-0.1, -0.05) is 0 Å². The normalized spacial score (nSPS) is 29.4. The van der Waals surface area contributed by atoms with Gasteiger partial charge in [0.05, 0.1) is 24.8 Å². The Morgan fingerprint density at radius 1 is 1.50 bits per heavy atom. The first-order chi connectivity index (χ1) is 7.46. The molecule has 2 heterocycles. The maximum atomic E-state index is 11.5. The Morgan fingerprint density at radius 3 is 2.88 bits per heavy atom. The van der Waals surface area contributed by atoms with Gasteiger partial charge in [-0.3, -0.25) is 9.59 Å². The van der Waals surface area contributed by atoms with Crippen LogP contribution >= 0.6 is 0 Å². The highest BCUT2D eigenvalue weighted by molar-refractivity contribution is 5.92. The van der Waals surface area contributed by atoms with Gasteiger partial charge in [-0.15, -0.1) is 0 Å². The Labute approximate surface area is 95.1 Å². The lowest BCUT2D eigenvalue weighted by atomic mass is 10.1. The zero-order chi connectivity index (χ0) is 11.8. The molecule has 1 unspecified atom stereocenters. The minimum absolute atomic E-state index is 0.0205. The molecule has 0 aromatic heterocycles. The van der Waals surface area contributed by atoms with Crippen LogP contribution in [0.1, 0.15) is 26.7 Å². The molecule has 0 aliphatic carbocycles. The average molecular weight is 226 g/mol. The van der Waals surface area contributed by atoms with Crippen molar-refractivity contribution in [3.63, 3.8) is 0 Å². The Kier molecular flexibility index (Phi) is 2.88. The van der Waals surface area contributed by atoms with Crippen LogP contribution in [-0.4, -0.2) is 48.1 Å². The van der Waals surface area contributed by atoms with Crippen molar-refractivity contribution in [1.29, 1.82) is 0 Å². The van der Waals surface area contributed by atoms with Crippen LogP contribution in [0.25, 0.3) is 0 Å². The summed E-state index contributed by atoms with van der Waals surface area (Å²) in [6.07, 6.45) is 2.04. The first-order valence-corrected chi connectivity index (χ1v) is 5.68. The topological polar surface area (TPSA) is 58.6 Å².